The highest BCUT2D eigenvalue weighted by molar-refractivity contribution is 6.06. The summed E-state index contributed by atoms with van der Waals surface area (Å²) in [6.07, 6.45) is 0. The van der Waals surface area contributed by atoms with Crippen LogP contribution in [0.2, 0.25) is 0 Å². The maximum Gasteiger partial charge on any atom is 0.291 e. The number of hydrogen-bond acceptors (Lipinski definition) is 4. The van der Waals surface area contributed by atoms with Gasteiger partial charge in [0.1, 0.15) is 5.58 Å². The summed E-state index contributed by atoms with van der Waals surface area (Å²) < 4.78 is 5.74. The Morgan fingerprint density at radius 2 is 1.74 bits per heavy atom. The van der Waals surface area contributed by atoms with E-state index in [1.165, 1.54) is 5.56 Å². The van der Waals surface area contributed by atoms with Crippen LogP contribution in [0.1, 0.15) is 21.7 Å². The van der Waals surface area contributed by atoms with Crippen molar-refractivity contribution < 1.29 is 9.21 Å². The molecule has 1 aromatic heterocycles. The molecular formula is C22H25N3O2. The van der Waals surface area contributed by atoms with E-state index in [0.717, 1.165) is 54.9 Å². The summed E-state index contributed by atoms with van der Waals surface area (Å²) in [4.78, 5) is 17.4. The average molecular weight is 363 g/mol. The molecule has 1 amide bonds. The Morgan fingerprint density at radius 1 is 1.04 bits per heavy atom. The second-order valence-electron chi connectivity index (χ2n) is 7.28. The molecule has 27 heavy (non-hydrogen) atoms. The first kappa shape index (κ1) is 17.8. The van der Waals surface area contributed by atoms with Gasteiger partial charge in [0, 0.05) is 49.4 Å². The van der Waals surface area contributed by atoms with E-state index in [1.54, 1.807) is 0 Å². The zero-order chi connectivity index (χ0) is 18.8. The number of furan rings is 1. The van der Waals surface area contributed by atoms with Gasteiger partial charge in [-0.15, -0.1) is 0 Å². The summed E-state index contributed by atoms with van der Waals surface area (Å²) in [6, 6.07) is 15.8. The molecule has 4 rings (SSSR count). The molecule has 0 aliphatic carbocycles. The van der Waals surface area contributed by atoms with Crippen LogP contribution in [0.15, 0.2) is 52.9 Å². The third-order valence-corrected chi connectivity index (χ3v) is 5.26. The fourth-order valence-corrected chi connectivity index (χ4v) is 3.54. The van der Waals surface area contributed by atoms with Crippen molar-refractivity contribution in [1.82, 2.24) is 9.80 Å². The first-order valence-corrected chi connectivity index (χ1v) is 9.39. The molecule has 1 aliphatic rings. The standard InChI is InChI=1S/C22H25N3O2/c1-16-19-5-3-4-6-20(19)27-21(16)22(26)23-18-9-7-17(8-10-18)15-25-13-11-24(2)12-14-25/h3-10H,11-15H2,1-2H3,(H,23,26). The van der Waals surface area contributed by atoms with Crippen LogP contribution in [0.4, 0.5) is 5.69 Å². The third-order valence-electron chi connectivity index (χ3n) is 5.26. The molecule has 0 bridgehead atoms. The van der Waals surface area contributed by atoms with Gasteiger partial charge in [-0.25, -0.2) is 0 Å². The predicted molar refractivity (Wildman–Crippen MR) is 108 cm³/mol. The van der Waals surface area contributed by atoms with Crippen molar-refractivity contribution >= 4 is 22.6 Å². The number of benzene rings is 2. The lowest BCUT2D eigenvalue weighted by atomic mass is 10.1. The van der Waals surface area contributed by atoms with Crippen molar-refractivity contribution in [1.29, 1.82) is 0 Å². The summed E-state index contributed by atoms with van der Waals surface area (Å²) in [5, 5.41) is 3.92. The number of rotatable bonds is 4. The summed E-state index contributed by atoms with van der Waals surface area (Å²) >= 11 is 0. The Morgan fingerprint density at radius 3 is 2.44 bits per heavy atom. The molecule has 0 radical (unpaired) electrons. The van der Waals surface area contributed by atoms with Gasteiger partial charge < -0.3 is 14.6 Å². The average Bonchev–Trinajstić information content (AvgIpc) is 3.02. The molecule has 5 heteroatoms. The van der Waals surface area contributed by atoms with Gasteiger partial charge in [-0.1, -0.05) is 30.3 Å². The van der Waals surface area contributed by atoms with Gasteiger partial charge in [-0.3, -0.25) is 9.69 Å². The Kier molecular flexibility index (Phi) is 4.97. The van der Waals surface area contributed by atoms with Crippen LogP contribution in [0.25, 0.3) is 11.0 Å². The van der Waals surface area contributed by atoms with E-state index in [0.29, 0.717) is 5.76 Å². The molecule has 3 aromatic rings. The second-order valence-corrected chi connectivity index (χ2v) is 7.28. The van der Waals surface area contributed by atoms with Gasteiger partial charge in [0.15, 0.2) is 5.76 Å². The van der Waals surface area contributed by atoms with E-state index in [1.807, 2.05) is 43.3 Å². The first-order chi connectivity index (χ1) is 13.1. The van der Waals surface area contributed by atoms with Crippen LogP contribution in [-0.4, -0.2) is 48.9 Å². The molecule has 2 aromatic carbocycles. The highest BCUT2D eigenvalue weighted by atomic mass is 16.3. The van der Waals surface area contributed by atoms with Crippen LogP contribution >= 0.6 is 0 Å². The van der Waals surface area contributed by atoms with Crippen molar-refractivity contribution in [2.24, 2.45) is 0 Å². The smallest absolute Gasteiger partial charge is 0.291 e. The number of anilines is 1. The molecule has 5 nitrogen and oxygen atoms in total. The number of aryl methyl sites for hydroxylation is 1. The minimum atomic E-state index is -0.212. The minimum Gasteiger partial charge on any atom is -0.451 e. The van der Waals surface area contributed by atoms with Crippen molar-refractivity contribution in [2.45, 2.75) is 13.5 Å². The van der Waals surface area contributed by atoms with Gasteiger partial charge in [-0.05, 0) is 37.7 Å². The number of likely N-dealkylation sites (N-methyl/N-ethyl adjacent to an activating group) is 1. The van der Waals surface area contributed by atoms with Crippen molar-refractivity contribution in [3.8, 4) is 0 Å². The highest BCUT2D eigenvalue weighted by Gasteiger charge is 2.18. The van der Waals surface area contributed by atoms with Crippen LogP contribution in [0.5, 0.6) is 0 Å². The third kappa shape index (κ3) is 3.89. The number of carbonyl (C=O) groups is 1. The number of carbonyl (C=O) groups excluding carboxylic acids is 1. The van der Waals surface area contributed by atoms with Crippen LogP contribution in [0, 0.1) is 6.92 Å². The zero-order valence-corrected chi connectivity index (χ0v) is 15.9. The van der Waals surface area contributed by atoms with Gasteiger partial charge >= 0.3 is 0 Å². The first-order valence-electron chi connectivity index (χ1n) is 9.39. The van der Waals surface area contributed by atoms with Gasteiger partial charge in [0.05, 0.1) is 0 Å². The number of fused-ring (bicyclic) bond motifs is 1. The zero-order valence-electron chi connectivity index (χ0n) is 15.9. The fourth-order valence-electron chi connectivity index (χ4n) is 3.54. The van der Waals surface area contributed by atoms with Gasteiger partial charge in [0.2, 0.25) is 0 Å². The fraction of sp³-hybridized carbons (Fsp3) is 0.318. The molecule has 0 atom stereocenters. The van der Waals surface area contributed by atoms with E-state index in [2.05, 4.69) is 34.3 Å². The molecule has 1 saturated heterocycles. The van der Waals surface area contributed by atoms with E-state index < -0.39 is 0 Å². The molecule has 0 saturated carbocycles. The van der Waals surface area contributed by atoms with E-state index in [9.17, 15) is 4.79 Å². The van der Waals surface area contributed by atoms with Crippen molar-refractivity contribution in [2.75, 3.05) is 38.5 Å². The van der Waals surface area contributed by atoms with Gasteiger partial charge in [-0.2, -0.15) is 0 Å². The number of nitrogens with one attached hydrogen (secondary N) is 1. The van der Waals surface area contributed by atoms with Crippen molar-refractivity contribution in [3.05, 3.63) is 65.4 Å². The number of nitrogens with zero attached hydrogens (tertiary/aromatic N) is 2. The molecule has 140 valence electrons. The summed E-state index contributed by atoms with van der Waals surface area (Å²) in [5.41, 5.74) is 3.65. The topological polar surface area (TPSA) is 48.7 Å². The minimum absolute atomic E-state index is 0.212. The van der Waals surface area contributed by atoms with Gasteiger partial charge in [0.25, 0.3) is 5.91 Å². The maximum atomic E-state index is 12.6. The van der Waals surface area contributed by atoms with Crippen LogP contribution in [0.3, 0.4) is 0 Å². The van der Waals surface area contributed by atoms with Crippen molar-refractivity contribution in [3.63, 3.8) is 0 Å². The summed E-state index contributed by atoms with van der Waals surface area (Å²) in [5.74, 6) is 0.160. The van der Waals surface area contributed by atoms with E-state index in [-0.39, 0.29) is 5.91 Å². The molecule has 1 aliphatic heterocycles. The second kappa shape index (κ2) is 7.55. The highest BCUT2D eigenvalue weighted by Crippen LogP contribution is 2.25. The van der Waals surface area contributed by atoms with E-state index in [4.69, 9.17) is 4.42 Å². The summed E-state index contributed by atoms with van der Waals surface area (Å²) in [7, 11) is 2.17. The lowest BCUT2D eigenvalue weighted by Crippen LogP contribution is -2.43. The van der Waals surface area contributed by atoms with Crippen LogP contribution in [-0.2, 0) is 6.54 Å². The number of para-hydroxylation sites is 1. The summed E-state index contributed by atoms with van der Waals surface area (Å²) in [6.45, 7) is 7.29. The Labute approximate surface area is 159 Å². The molecule has 1 N–H and O–H groups in total. The van der Waals surface area contributed by atoms with Crippen LogP contribution < -0.4 is 5.32 Å². The number of piperazine rings is 1. The Bertz CT molecular complexity index is 938. The quantitative estimate of drug-likeness (QED) is 0.767. The molecule has 1 fully saturated rings. The molecule has 2 heterocycles. The normalized spacial score (nSPS) is 15.9. The predicted octanol–water partition coefficient (Wildman–Crippen LogP) is 3.74. The Hall–Kier alpha value is -2.63. The molecular weight excluding hydrogens is 338 g/mol. The largest absolute Gasteiger partial charge is 0.451 e. The SMILES string of the molecule is Cc1c(C(=O)Nc2ccc(CN3CCN(C)CC3)cc2)oc2ccccc12. The molecule has 0 spiro atoms. The number of hydrogen-bond donors (Lipinski definition) is 1. The lowest BCUT2D eigenvalue weighted by molar-refractivity contribution is 0.0998. The molecule has 0 unspecified atom stereocenters. The maximum absolute atomic E-state index is 12.6. The monoisotopic (exact) mass is 363 g/mol. The van der Waals surface area contributed by atoms with E-state index >= 15 is 0 Å². The Balaban J connectivity index is 1.41. The number of amides is 1. The lowest BCUT2D eigenvalue weighted by Gasteiger charge is -2.32.